The van der Waals surface area contributed by atoms with E-state index in [0.717, 1.165) is 5.56 Å². The monoisotopic (exact) mass is 726 g/mol. The molecule has 0 bridgehead atoms. The predicted molar refractivity (Wildman–Crippen MR) is 193 cm³/mol. The summed E-state index contributed by atoms with van der Waals surface area (Å²) in [6.45, 7) is 9.83. The van der Waals surface area contributed by atoms with Gasteiger partial charge in [-0.3, -0.25) is 33.6 Å². The molecule has 15 heteroatoms. The van der Waals surface area contributed by atoms with E-state index in [-0.39, 0.29) is 79.5 Å². The highest BCUT2D eigenvalue weighted by Gasteiger charge is 2.31. The van der Waals surface area contributed by atoms with Crippen LogP contribution in [0.15, 0.2) is 36.4 Å². The first-order valence-electron chi connectivity index (χ1n) is 17.8. The molecule has 0 saturated heterocycles. The molecule has 6 amide bonds. The molecule has 52 heavy (non-hydrogen) atoms. The number of ether oxygens (including phenoxy) is 1. The molecule has 1 unspecified atom stereocenters. The maximum Gasteiger partial charge on any atom is 0.312 e. The summed E-state index contributed by atoms with van der Waals surface area (Å²) in [5, 5.41) is 13.4. The molecule has 0 heterocycles. The van der Waals surface area contributed by atoms with Gasteiger partial charge in [0.25, 0.3) is 0 Å². The highest BCUT2D eigenvalue weighted by Crippen LogP contribution is 2.17. The van der Waals surface area contributed by atoms with Gasteiger partial charge in [-0.2, -0.15) is 0 Å². The maximum absolute atomic E-state index is 13.4. The molecule has 0 aliphatic heterocycles. The molecule has 7 N–H and O–H groups in total. The van der Waals surface area contributed by atoms with Gasteiger partial charge in [-0.05, 0) is 67.4 Å². The number of ketones is 2. The van der Waals surface area contributed by atoms with Crippen molar-refractivity contribution in [3.8, 4) is 0 Å². The Hall–Kier alpha value is -5.08. The first-order valence-corrected chi connectivity index (χ1v) is 17.8. The van der Waals surface area contributed by atoms with E-state index >= 15 is 0 Å². The number of benzene rings is 1. The Kier molecular flexibility index (Phi) is 18.2. The van der Waals surface area contributed by atoms with Crippen LogP contribution in [-0.2, 0) is 44.9 Å². The first-order chi connectivity index (χ1) is 24.6. The van der Waals surface area contributed by atoms with Crippen LogP contribution in [0.25, 0.3) is 0 Å². The fourth-order valence-electron chi connectivity index (χ4n) is 5.11. The van der Waals surface area contributed by atoms with E-state index in [2.05, 4.69) is 26.6 Å². The van der Waals surface area contributed by atoms with E-state index in [1.807, 2.05) is 20.8 Å². The van der Waals surface area contributed by atoms with Gasteiger partial charge < -0.3 is 37.1 Å². The second kappa shape index (κ2) is 22.0. The molecule has 0 spiro atoms. The Labute approximate surface area is 305 Å². The summed E-state index contributed by atoms with van der Waals surface area (Å²) >= 11 is 0. The van der Waals surface area contributed by atoms with Crippen molar-refractivity contribution < 1.29 is 43.1 Å². The molecule has 286 valence electrons. The summed E-state index contributed by atoms with van der Waals surface area (Å²) in [5.41, 5.74) is 6.34. The average molecular weight is 727 g/mol. The third-order valence-electron chi connectivity index (χ3n) is 8.73. The Morgan fingerprint density at radius 2 is 1.38 bits per heavy atom. The lowest BCUT2D eigenvalue weighted by molar-refractivity contribution is -0.150. The lowest BCUT2D eigenvalue weighted by Gasteiger charge is -2.25. The van der Waals surface area contributed by atoms with Gasteiger partial charge in [0.2, 0.25) is 23.6 Å². The summed E-state index contributed by atoms with van der Waals surface area (Å²) < 4.78 is 5.39. The van der Waals surface area contributed by atoms with Gasteiger partial charge in [0.15, 0.2) is 11.6 Å². The van der Waals surface area contributed by atoms with Crippen LogP contribution in [0.1, 0.15) is 85.1 Å². The fourth-order valence-corrected chi connectivity index (χ4v) is 5.11. The van der Waals surface area contributed by atoms with Crippen LogP contribution in [-0.4, -0.2) is 72.4 Å². The van der Waals surface area contributed by atoms with Crippen molar-refractivity contribution >= 4 is 52.9 Å². The number of hydrogen-bond donors (Lipinski definition) is 6. The number of allylic oxidation sites excluding steroid dienone is 2. The van der Waals surface area contributed by atoms with Gasteiger partial charge >= 0.3 is 12.0 Å². The molecular formula is C37H54N6O9. The van der Waals surface area contributed by atoms with Crippen LogP contribution in [0.4, 0.5) is 10.5 Å². The van der Waals surface area contributed by atoms with E-state index in [0.29, 0.717) is 37.9 Å². The van der Waals surface area contributed by atoms with Crippen LogP contribution in [0.5, 0.6) is 0 Å². The summed E-state index contributed by atoms with van der Waals surface area (Å²) in [7, 11) is 0. The molecule has 15 nitrogen and oxygen atoms in total. The van der Waals surface area contributed by atoms with Gasteiger partial charge in [0.05, 0.1) is 11.8 Å². The Bertz CT molecular complexity index is 1440. The normalized spacial score (nSPS) is 14.4. The van der Waals surface area contributed by atoms with Crippen LogP contribution < -0.4 is 32.3 Å². The van der Waals surface area contributed by atoms with E-state index < -0.39 is 35.8 Å². The van der Waals surface area contributed by atoms with Gasteiger partial charge in [0, 0.05) is 31.6 Å². The Morgan fingerprint density at radius 1 is 0.750 bits per heavy atom. The minimum absolute atomic E-state index is 0.0862. The number of primary amides is 1. The minimum Gasteiger partial charge on any atom is -0.461 e. The lowest BCUT2D eigenvalue weighted by atomic mass is 9.99. The minimum atomic E-state index is -1.00. The van der Waals surface area contributed by atoms with Crippen LogP contribution in [0.2, 0.25) is 0 Å². The summed E-state index contributed by atoms with van der Waals surface area (Å²) in [6.07, 6.45) is 4.48. The number of urea groups is 1. The third-order valence-corrected chi connectivity index (χ3v) is 8.73. The van der Waals surface area contributed by atoms with Crippen molar-refractivity contribution in [2.24, 2.45) is 29.4 Å². The molecule has 1 aromatic carbocycles. The molecule has 0 radical (unpaired) electrons. The molecule has 1 aliphatic carbocycles. The number of nitrogens with two attached hydrogens (primary N) is 1. The van der Waals surface area contributed by atoms with E-state index in [9.17, 15) is 38.4 Å². The Balaban J connectivity index is 1.89. The highest BCUT2D eigenvalue weighted by molar-refractivity contribution is 6.20. The van der Waals surface area contributed by atoms with Crippen molar-refractivity contribution in [3.05, 3.63) is 42.0 Å². The second-order valence-corrected chi connectivity index (χ2v) is 13.7. The molecule has 0 fully saturated rings. The van der Waals surface area contributed by atoms with Crippen molar-refractivity contribution in [3.63, 3.8) is 0 Å². The topological polar surface area (TPSA) is 232 Å². The van der Waals surface area contributed by atoms with Gasteiger partial charge in [-0.1, -0.05) is 53.2 Å². The molecule has 1 aliphatic rings. The number of unbranched alkanes of at least 4 members (excludes halogenated alkanes) is 2. The number of nitrogens with one attached hydrogen (secondary N) is 5. The summed E-state index contributed by atoms with van der Waals surface area (Å²) in [4.78, 5) is 98.2. The molecule has 0 aromatic heterocycles. The van der Waals surface area contributed by atoms with Crippen molar-refractivity contribution in [2.45, 2.75) is 98.3 Å². The number of hydrogen-bond acceptors (Lipinski definition) is 9. The van der Waals surface area contributed by atoms with Crippen LogP contribution in [0.3, 0.4) is 0 Å². The smallest absolute Gasteiger partial charge is 0.312 e. The second-order valence-electron chi connectivity index (χ2n) is 13.7. The number of anilines is 1. The lowest BCUT2D eigenvalue weighted by Crippen LogP contribution is -2.54. The van der Waals surface area contributed by atoms with E-state index in [1.165, 1.54) is 12.2 Å². The number of rotatable bonds is 22. The zero-order valence-electron chi connectivity index (χ0n) is 30.8. The van der Waals surface area contributed by atoms with Crippen LogP contribution in [0, 0.1) is 23.7 Å². The molecule has 3 atom stereocenters. The highest BCUT2D eigenvalue weighted by atomic mass is 16.5. The number of esters is 1. The fraction of sp³-hybridized carbons (Fsp3) is 0.568. The zero-order valence-corrected chi connectivity index (χ0v) is 30.8. The molecular weight excluding hydrogens is 672 g/mol. The van der Waals surface area contributed by atoms with Crippen molar-refractivity contribution in [1.29, 1.82) is 0 Å². The molecule has 0 saturated carbocycles. The van der Waals surface area contributed by atoms with Crippen molar-refractivity contribution in [1.82, 2.24) is 21.3 Å². The maximum atomic E-state index is 13.4. The van der Waals surface area contributed by atoms with Gasteiger partial charge in [0.1, 0.15) is 18.7 Å². The first kappa shape index (κ1) is 43.1. The summed E-state index contributed by atoms with van der Waals surface area (Å²) in [5.74, 6) is -4.15. The number of amides is 6. The number of carbonyl (C=O) groups excluding carboxylic acids is 8. The number of carbonyl (C=O) groups is 8. The zero-order chi connectivity index (χ0) is 38.8. The van der Waals surface area contributed by atoms with Gasteiger partial charge in [-0.25, -0.2) is 4.79 Å². The third kappa shape index (κ3) is 15.4. The molecule has 2 rings (SSSR count). The Morgan fingerprint density at radius 3 is 1.98 bits per heavy atom. The molecule has 1 aromatic rings. The summed E-state index contributed by atoms with van der Waals surface area (Å²) in [6, 6.07) is 4.10. The standard InChI is InChI=1S/C37H54N6O9/c1-22(2)24(5)36(50)52-21-25-12-14-26(15-13-25)41-34(48)28(10-9-19-40-37(38)51)42-35(49)33(23(3)4)43-31(46)11-7-6-8-18-39-32(47)20-27-29(44)16-17-30(27)45/h12-17,22-24,27-28,33H,6-11,18-21H2,1-5H3,(H,39,47)(H,41,48)(H,42,49)(H,43,46)(H3,38,40,51)/t24?,28-,33-/m0/s1. The predicted octanol–water partition coefficient (Wildman–Crippen LogP) is 2.43. The van der Waals surface area contributed by atoms with E-state index in [4.69, 9.17) is 10.5 Å². The van der Waals surface area contributed by atoms with Gasteiger partial charge in [-0.15, -0.1) is 0 Å². The average Bonchev–Trinajstić information content (AvgIpc) is 3.40. The SMILES string of the molecule is CC(C)C(C)C(=O)OCc1ccc(NC(=O)[C@H](CCCNC(N)=O)NC(=O)[C@@H](NC(=O)CCCCCNC(=O)CC2C(=O)C=CC2=O)C(C)C)cc1. The van der Waals surface area contributed by atoms with Crippen LogP contribution >= 0.6 is 0 Å². The largest absolute Gasteiger partial charge is 0.461 e. The van der Waals surface area contributed by atoms with Crippen molar-refractivity contribution in [2.75, 3.05) is 18.4 Å². The quantitative estimate of drug-likeness (QED) is 0.0584. The van der Waals surface area contributed by atoms with E-state index in [1.54, 1.807) is 38.1 Å².